The van der Waals surface area contributed by atoms with Crippen LogP contribution >= 0.6 is 0 Å². The molecule has 3 aliphatic rings. The summed E-state index contributed by atoms with van der Waals surface area (Å²) >= 11 is 0. The predicted octanol–water partition coefficient (Wildman–Crippen LogP) is 1.46. The molecule has 0 bridgehead atoms. The minimum atomic E-state index is -1.71. The highest BCUT2D eigenvalue weighted by molar-refractivity contribution is 6.63. The van der Waals surface area contributed by atoms with Crippen LogP contribution in [0.3, 0.4) is 0 Å². The molecule has 1 N–H and O–H groups in total. The lowest BCUT2D eigenvalue weighted by Crippen LogP contribution is -2.47. The molecule has 3 aliphatic heterocycles. The Balaban J connectivity index is 1.78. The second kappa shape index (κ2) is 6.01. The maximum atomic E-state index is 13.1. The molecule has 0 spiro atoms. The molecule has 1 unspecified atom stereocenters. The van der Waals surface area contributed by atoms with Crippen molar-refractivity contribution in [1.82, 2.24) is 4.98 Å². The van der Waals surface area contributed by atoms with Crippen molar-refractivity contribution in [2.24, 2.45) is 0 Å². The quantitative estimate of drug-likeness (QED) is 0.790. The van der Waals surface area contributed by atoms with Crippen molar-refractivity contribution in [1.29, 1.82) is 0 Å². The number of fused-ring (bicyclic) bond motifs is 1. The van der Waals surface area contributed by atoms with Crippen LogP contribution in [-0.2, 0) is 24.4 Å². The van der Waals surface area contributed by atoms with Crippen molar-refractivity contribution in [3.8, 4) is 0 Å². The zero-order chi connectivity index (χ0) is 19.6. The minimum absolute atomic E-state index is 0.403. The van der Waals surface area contributed by atoms with Gasteiger partial charge in [0.1, 0.15) is 12.0 Å². The molecule has 1 aromatic heterocycles. The largest absolute Gasteiger partial charge is 0.495 e. The van der Waals surface area contributed by atoms with Gasteiger partial charge in [0, 0.05) is 18.4 Å². The lowest BCUT2D eigenvalue weighted by Gasteiger charge is -2.32. The Labute approximate surface area is 160 Å². The van der Waals surface area contributed by atoms with E-state index in [1.54, 1.807) is 12.3 Å². The van der Waals surface area contributed by atoms with E-state index >= 15 is 0 Å². The van der Waals surface area contributed by atoms with Crippen LogP contribution in [0.1, 0.15) is 59.4 Å². The summed E-state index contributed by atoms with van der Waals surface area (Å²) in [4.78, 5) is 19.0. The molecule has 0 saturated carbocycles. The molecule has 7 nitrogen and oxygen atoms in total. The summed E-state index contributed by atoms with van der Waals surface area (Å²) < 4.78 is 18.1. The number of rotatable bonds is 2. The molecule has 4 heterocycles. The first kappa shape index (κ1) is 18.9. The highest BCUT2D eigenvalue weighted by atomic mass is 16.7. The maximum absolute atomic E-state index is 13.1. The molecule has 8 heteroatoms. The van der Waals surface area contributed by atoms with Crippen LogP contribution in [0, 0.1) is 0 Å². The molecule has 27 heavy (non-hydrogen) atoms. The van der Waals surface area contributed by atoms with E-state index in [9.17, 15) is 9.90 Å². The monoisotopic (exact) mass is 374 g/mol. The molecule has 2 fully saturated rings. The number of anilines is 1. The first-order chi connectivity index (χ1) is 12.6. The number of nitrogens with zero attached hydrogens (tertiary/aromatic N) is 2. The third-order valence-corrected chi connectivity index (χ3v) is 6.26. The summed E-state index contributed by atoms with van der Waals surface area (Å²) in [6.45, 7) is 10.00. The van der Waals surface area contributed by atoms with E-state index in [0.717, 1.165) is 19.3 Å². The zero-order valence-electron chi connectivity index (χ0n) is 16.6. The SMILES string of the molecule is CC1(C)OB(c2ccnc3c2[C@@](C)(O)C(=O)N3C2CCCCO2)OC1(C)C. The Kier molecular flexibility index (Phi) is 4.20. The molecular weight excluding hydrogens is 347 g/mol. The van der Waals surface area contributed by atoms with Crippen molar-refractivity contribution in [3.63, 3.8) is 0 Å². The predicted molar refractivity (Wildman–Crippen MR) is 101 cm³/mol. The normalized spacial score (nSPS) is 32.1. The van der Waals surface area contributed by atoms with Crippen LogP contribution < -0.4 is 10.4 Å². The third-order valence-electron chi connectivity index (χ3n) is 6.26. The fourth-order valence-electron chi connectivity index (χ4n) is 3.95. The number of ether oxygens (including phenoxy) is 1. The van der Waals surface area contributed by atoms with Crippen LogP contribution in [0.2, 0.25) is 0 Å². The van der Waals surface area contributed by atoms with Gasteiger partial charge in [0.05, 0.1) is 11.2 Å². The van der Waals surface area contributed by atoms with Gasteiger partial charge in [-0.25, -0.2) is 4.98 Å². The highest BCUT2D eigenvalue weighted by Crippen LogP contribution is 2.42. The van der Waals surface area contributed by atoms with E-state index in [2.05, 4.69) is 4.98 Å². The van der Waals surface area contributed by atoms with E-state index in [-0.39, 0.29) is 0 Å². The average molecular weight is 374 g/mol. The standard InChI is InChI=1S/C19H27BN2O5/c1-17(2)18(3,4)27-20(26-17)12-9-10-21-15-14(12)19(5,24)16(23)22(15)13-8-6-7-11-25-13/h9-10,13,24H,6-8,11H2,1-5H3/t13?,19-/m1/s1. The summed E-state index contributed by atoms with van der Waals surface area (Å²) in [7, 11) is -0.682. The fourth-order valence-corrected chi connectivity index (χ4v) is 3.95. The van der Waals surface area contributed by atoms with Crippen LogP contribution in [0.15, 0.2) is 12.3 Å². The molecule has 0 radical (unpaired) electrons. The molecule has 0 aromatic carbocycles. The third kappa shape index (κ3) is 2.73. The van der Waals surface area contributed by atoms with E-state index in [4.69, 9.17) is 14.0 Å². The number of carbonyl (C=O) groups is 1. The summed E-state index contributed by atoms with van der Waals surface area (Å²) in [5.74, 6) is 0.0185. The first-order valence-electron chi connectivity index (χ1n) is 9.59. The first-order valence-corrected chi connectivity index (χ1v) is 9.59. The van der Waals surface area contributed by atoms with Gasteiger partial charge >= 0.3 is 7.12 Å². The van der Waals surface area contributed by atoms with Crippen molar-refractivity contribution >= 4 is 24.3 Å². The number of aromatic nitrogens is 1. The molecule has 2 saturated heterocycles. The van der Waals surface area contributed by atoms with Gasteiger partial charge in [-0.2, -0.15) is 0 Å². The smallest absolute Gasteiger partial charge is 0.399 e. The summed E-state index contributed by atoms with van der Waals surface area (Å²) in [6, 6.07) is 1.76. The van der Waals surface area contributed by atoms with Crippen LogP contribution in [-0.4, -0.2) is 47.2 Å². The summed E-state index contributed by atoms with van der Waals surface area (Å²) in [5.41, 5.74) is -1.66. The van der Waals surface area contributed by atoms with Crippen LogP contribution in [0.5, 0.6) is 0 Å². The molecule has 1 amide bonds. The molecule has 1 aromatic rings. The number of pyridine rings is 1. The number of carbonyl (C=O) groups excluding carboxylic acids is 1. The van der Waals surface area contributed by atoms with Crippen molar-refractivity contribution in [3.05, 3.63) is 17.8 Å². The van der Waals surface area contributed by atoms with E-state index in [0.29, 0.717) is 23.5 Å². The Morgan fingerprint density at radius 1 is 1.19 bits per heavy atom. The molecule has 4 rings (SSSR count). The highest BCUT2D eigenvalue weighted by Gasteiger charge is 2.57. The van der Waals surface area contributed by atoms with Crippen molar-refractivity contribution < 1.29 is 23.9 Å². The number of hydrogen-bond donors (Lipinski definition) is 1. The van der Waals surface area contributed by atoms with Crippen molar-refractivity contribution in [2.75, 3.05) is 11.5 Å². The second-order valence-corrected chi connectivity index (χ2v) is 8.76. The van der Waals surface area contributed by atoms with Gasteiger partial charge in [-0.05, 0) is 65.4 Å². The van der Waals surface area contributed by atoms with E-state index in [1.807, 2.05) is 27.7 Å². The zero-order valence-corrected chi connectivity index (χ0v) is 16.6. The minimum Gasteiger partial charge on any atom is -0.399 e. The van der Waals surface area contributed by atoms with E-state index < -0.39 is 36.1 Å². The molecular formula is C19H27BN2O5. The fraction of sp³-hybridized carbons (Fsp3) is 0.684. The van der Waals surface area contributed by atoms with Gasteiger partial charge in [0.25, 0.3) is 5.91 Å². The van der Waals surface area contributed by atoms with Gasteiger partial charge in [0.2, 0.25) is 0 Å². The number of hydrogen-bond acceptors (Lipinski definition) is 6. The number of amides is 1. The number of aliphatic hydroxyl groups is 1. The lowest BCUT2D eigenvalue weighted by molar-refractivity contribution is -0.137. The molecule has 0 aliphatic carbocycles. The Morgan fingerprint density at radius 3 is 2.44 bits per heavy atom. The van der Waals surface area contributed by atoms with E-state index in [1.165, 1.54) is 11.8 Å². The average Bonchev–Trinajstić information content (AvgIpc) is 2.95. The van der Waals surface area contributed by atoms with Gasteiger partial charge in [0.15, 0.2) is 5.60 Å². The van der Waals surface area contributed by atoms with Gasteiger partial charge in [-0.3, -0.25) is 9.69 Å². The van der Waals surface area contributed by atoms with Gasteiger partial charge < -0.3 is 19.2 Å². The maximum Gasteiger partial charge on any atom is 0.495 e. The summed E-state index contributed by atoms with van der Waals surface area (Å²) in [6.07, 6.45) is 3.90. The van der Waals surface area contributed by atoms with Crippen molar-refractivity contribution in [2.45, 2.75) is 76.9 Å². The topological polar surface area (TPSA) is 81.1 Å². The van der Waals surface area contributed by atoms with Gasteiger partial charge in [-0.15, -0.1) is 0 Å². The van der Waals surface area contributed by atoms with Crippen LogP contribution in [0.25, 0.3) is 0 Å². The summed E-state index contributed by atoms with van der Waals surface area (Å²) in [5, 5.41) is 11.1. The Bertz CT molecular complexity index is 757. The molecule has 2 atom stereocenters. The Hall–Kier alpha value is -1.48. The van der Waals surface area contributed by atoms with Crippen LogP contribution in [0.4, 0.5) is 5.82 Å². The Morgan fingerprint density at radius 2 is 1.85 bits per heavy atom. The lowest BCUT2D eigenvalue weighted by atomic mass is 9.73. The molecule has 146 valence electrons. The van der Waals surface area contributed by atoms with Gasteiger partial charge in [-0.1, -0.05) is 0 Å². The second-order valence-electron chi connectivity index (χ2n) is 8.76.